The van der Waals surface area contributed by atoms with Crippen LogP contribution in [-0.2, 0) is 28.6 Å². The summed E-state index contributed by atoms with van der Waals surface area (Å²) in [4.78, 5) is 19.2. The van der Waals surface area contributed by atoms with Gasteiger partial charge in [-0.3, -0.25) is 9.09 Å². The molecule has 26 heavy (non-hydrogen) atoms. The summed E-state index contributed by atoms with van der Waals surface area (Å²) in [5.41, 5.74) is -0.866. The molecule has 3 atom stereocenters. The van der Waals surface area contributed by atoms with Gasteiger partial charge in [-0.05, 0) is 33.1 Å². The Kier molecular flexibility index (Phi) is 9.40. The van der Waals surface area contributed by atoms with Crippen molar-refractivity contribution in [3.05, 3.63) is 0 Å². The van der Waals surface area contributed by atoms with E-state index in [1.165, 1.54) is 4.31 Å². The van der Waals surface area contributed by atoms with Crippen LogP contribution < -0.4 is 4.89 Å². The molecule has 0 heterocycles. The second-order valence-corrected chi connectivity index (χ2v) is 11.4. The number of sulfonamides is 1. The van der Waals surface area contributed by atoms with Crippen LogP contribution in [0.15, 0.2) is 0 Å². The van der Waals surface area contributed by atoms with Gasteiger partial charge in [0, 0.05) is 12.1 Å². The van der Waals surface area contributed by atoms with Crippen molar-refractivity contribution in [3.63, 3.8) is 0 Å². The Hall–Kier alpha value is -0.0600. The first-order chi connectivity index (χ1) is 11.3. The van der Waals surface area contributed by atoms with Crippen molar-refractivity contribution in [2.24, 2.45) is 5.41 Å². The van der Waals surface area contributed by atoms with Crippen LogP contribution in [-0.4, -0.2) is 61.6 Å². The Labute approximate surface area is 157 Å². The zero-order valence-electron chi connectivity index (χ0n) is 16.9. The average molecular weight is 418 g/mol. The van der Waals surface area contributed by atoms with Gasteiger partial charge < -0.3 is 19.3 Å². The van der Waals surface area contributed by atoms with Crippen molar-refractivity contribution < 1.29 is 36.8 Å². The van der Waals surface area contributed by atoms with Crippen LogP contribution in [0.2, 0.25) is 0 Å². The monoisotopic (exact) mass is 418 g/mol. The summed E-state index contributed by atoms with van der Waals surface area (Å²) in [6.45, 7) is 12.3. The summed E-state index contributed by atoms with van der Waals surface area (Å²) in [7, 11) is -8.39. The maximum absolute atomic E-state index is 12.2. The summed E-state index contributed by atoms with van der Waals surface area (Å²) >= 11 is 0. The smallest absolute Gasteiger partial charge is 0.267 e. The van der Waals surface area contributed by atoms with Gasteiger partial charge in [0.2, 0.25) is 10.0 Å². The average Bonchev–Trinajstić information content (AvgIpc) is 2.35. The Bertz CT molecular complexity index is 575. The summed E-state index contributed by atoms with van der Waals surface area (Å²) in [6.07, 6.45) is 0.236. The van der Waals surface area contributed by atoms with Crippen LogP contribution in [0.1, 0.15) is 48.5 Å². The second-order valence-electron chi connectivity index (χ2n) is 8.32. The van der Waals surface area contributed by atoms with Crippen molar-refractivity contribution in [1.29, 1.82) is 0 Å². The minimum atomic E-state index is -4.88. The molecule has 1 N–H and O–H groups in total. The standard InChI is InChI=1S/C15H34NO8PS/c1-12(14(2,3)4)24-13(10-22-11-23-25(17,18)19)9-16(15(5,6)7)26(8,20)21/h12-13H,9-11H2,1-8H3,(H2,17,18,19)/p-1/t12-,13-/m0/s1. The van der Waals surface area contributed by atoms with Gasteiger partial charge >= 0.3 is 0 Å². The Morgan fingerprint density at radius 1 is 1.19 bits per heavy atom. The lowest BCUT2D eigenvalue weighted by Gasteiger charge is -2.38. The van der Waals surface area contributed by atoms with Gasteiger partial charge in [-0.1, -0.05) is 20.8 Å². The maximum Gasteiger partial charge on any atom is 0.267 e. The molecule has 11 heteroatoms. The lowest BCUT2D eigenvalue weighted by molar-refractivity contribution is -0.229. The molecule has 1 unspecified atom stereocenters. The minimum absolute atomic E-state index is 0.0247. The van der Waals surface area contributed by atoms with Crippen LogP contribution in [0.25, 0.3) is 0 Å². The van der Waals surface area contributed by atoms with Crippen LogP contribution in [0.4, 0.5) is 0 Å². The first kappa shape index (κ1) is 25.9. The highest BCUT2D eigenvalue weighted by atomic mass is 32.2. The molecule has 0 fully saturated rings. The summed E-state index contributed by atoms with van der Waals surface area (Å²) in [6, 6.07) is 0. The van der Waals surface area contributed by atoms with Gasteiger partial charge in [-0.2, -0.15) is 4.31 Å². The lowest BCUT2D eigenvalue weighted by atomic mass is 9.90. The first-order valence-corrected chi connectivity index (χ1v) is 11.6. The van der Waals surface area contributed by atoms with Gasteiger partial charge in [-0.15, -0.1) is 0 Å². The molecule has 0 aromatic carbocycles. The second kappa shape index (κ2) is 9.43. The number of ether oxygens (including phenoxy) is 2. The summed E-state index contributed by atoms with van der Waals surface area (Å²) < 4.78 is 51.4. The van der Waals surface area contributed by atoms with Crippen molar-refractivity contribution in [2.75, 3.05) is 26.2 Å². The van der Waals surface area contributed by atoms with E-state index in [1.54, 1.807) is 20.8 Å². The Morgan fingerprint density at radius 3 is 2.04 bits per heavy atom. The fourth-order valence-corrected chi connectivity index (χ4v) is 3.64. The molecular formula is C15H33NO8PS-. The number of rotatable bonds is 10. The predicted molar refractivity (Wildman–Crippen MR) is 96.8 cm³/mol. The fourth-order valence-electron chi connectivity index (χ4n) is 2.00. The van der Waals surface area contributed by atoms with Crippen molar-refractivity contribution in [2.45, 2.75) is 66.2 Å². The first-order valence-electron chi connectivity index (χ1n) is 8.23. The molecule has 0 aromatic heterocycles. The normalized spacial score (nSPS) is 18.6. The van der Waals surface area contributed by atoms with E-state index in [2.05, 4.69) is 4.52 Å². The van der Waals surface area contributed by atoms with E-state index in [0.29, 0.717) is 0 Å². The minimum Gasteiger partial charge on any atom is -0.756 e. The summed E-state index contributed by atoms with van der Waals surface area (Å²) in [5, 5.41) is 0. The molecule has 0 spiro atoms. The van der Waals surface area contributed by atoms with E-state index in [9.17, 15) is 17.9 Å². The topological polar surface area (TPSA) is 125 Å². The molecule has 158 valence electrons. The highest BCUT2D eigenvalue weighted by Gasteiger charge is 2.34. The molecule has 0 aliphatic heterocycles. The predicted octanol–water partition coefficient (Wildman–Crippen LogP) is 1.32. The van der Waals surface area contributed by atoms with Crippen molar-refractivity contribution in [3.8, 4) is 0 Å². The van der Waals surface area contributed by atoms with E-state index in [1.807, 2.05) is 27.7 Å². The quantitative estimate of drug-likeness (QED) is 0.320. The van der Waals surface area contributed by atoms with Gasteiger partial charge in [0.25, 0.3) is 7.82 Å². The molecule has 0 aromatic rings. The zero-order chi connectivity index (χ0) is 21.0. The molecule has 0 radical (unpaired) electrons. The van der Waals surface area contributed by atoms with E-state index in [4.69, 9.17) is 14.4 Å². The zero-order valence-corrected chi connectivity index (χ0v) is 18.6. The molecule has 0 aliphatic carbocycles. The molecule has 0 aliphatic rings. The molecule has 0 rings (SSSR count). The SMILES string of the molecule is C[C@H](O[C@H](COCOP(=O)([O-])O)CN(C(C)(C)C)S(C)(=O)=O)C(C)(C)C. The third kappa shape index (κ3) is 10.9. The van der Waals surface area contributed by atoms with Gasteiger partial charge in [0.05, 0.1) is 25.1 Å². The molecule has 9 nitrogen and oxygen atoms in total. The van der Waals surface area contributed by atoms with Gasteiger partial charge in [0.1, 0.15) is 0 Å². The maximum atomic E-state index is 12.2. The van der Waals surface area contributed by atoms with Crippen LogP contribution in [0, 0.1) is 5.41 Å². The van der Waals surface area contributed by atoms with Crippen LogP contribution in [0.3, 0.4) is 0 Å². The molecular weight excluding hydrogens is 385 g/mol. The highest BCUT2D eigenvalue weighted by Crippen LogP contribution is 2.30. The molecule has 0 amide bonds. The van der Waals surface area contributed by atoms with Gasteiger partial charge in [-0.25, -0.2) is 8.42 Å². The Balaban J connectivity index is 5.21. The number of hydrogen-bond acceptors (Lipinski definition) is 7. The molecule has 0 bridgehead atoms. The highest BCUT2D eigenvalue weighted by molar-refractivity contribution is 7.88. The third-order valence-electron chi connectivity index (χ3n) is 3.74. The van der Waals surface area contributed by atoms with E-state index >= 15 is 0 Å². The van der Waals surface area contributed by atoms with Crippen molar-refractivity contribution in [1.82, 2.24) is 4.31 Å². The lowest BCUT2D eigenvalue weighted by Crippen LogP contribution is -2.51. The third-order valence-corrected chi connectivity index (χ3v) is 5.67. The van der Waals surface area contributed by atoms with Crippen LogP contribution >= 0.6 is 7.82 Å². The van der Waals surface area contributed by atoms with E-state index in [-0.39, 0.29) is 24.7 Å². The number of phosphoric acid groups is 1. The number of phosphoric ester groups is 1. The summed E-state index contributed by atoms with van der Waals surface area (Å²) in [5.74, 6) is 0. The number of hydrogen-bond donors (Lipinski definition) is 1. The fraction of sp³-hybridized carbons (Fsp3) is 1.00. The molecule has 0 saturated carbocycles. The van der Waals surface area contributed by atoms with Crippen molar-refractivity contribution >= 4 is 17.8 Å². The van der Waals surface area contributed by atoms with Gasteiger partial charge in [0.15, 0.2) is 6.79 Å². The van der Waals surface area contributed by atoms with E-state index in [0.717, 1.165) is 6.26 Å². The van der Waals surface area contributed by atoms with E-state index < -0.39 is 36.3 Å². The Morgan fingerprint density at radius 2 is 1.69 bits per heavy atom. The largest absolute Gasteiger partial charge is 0.756 e. The van der Waals surface area contributed by atoms with Crippen LogP contribution in [0.5, 0.6) is 0 Å². The molecule has 0 saturated heterocycles. The number of nitrogens with zero attached hydrogens (tertiary/aromatic N) is 1.